The molecule has 0 aliphatic carbocycles. The molecule has 0 spiro atoms. The lowest BCUT2D eigenvalue weighted by atomic mass is 9.89. The molecule has 0 aromatic carbocycles. The van der Waals surface area contributed by atoms with E-state index in [1.165, 1.54) is 19.3 Å². The summed E-state index contributed by atoms with van der Waals surface area (Å²) in [4.78, 5) is 0. The van der Waals surface area contributed by atoms with Crippen LogP contribution in [0, 0.1) is 17.8 Å². The minimum Gasteiger partial charge on any atom is -0.375 e. The van der Waals surface area contributed by atoms with E-state index in [4.69, 9.17) is 4.74 Å². The van der Waals surface area contributed by atoms with E-state index in [1.54, 1.807) is 0 Å². The molecule has 2 fully saturated rings. The summed E-state index contributed by atoms with van der Waals surface area (Å²) in [7, 11) is 0. The SMILES string of the molecule is CC#CCNCC1CC2CCC1O2. The van der Waals surface area contributed by atoms with Crippen LogP contribution in [0.4, 0.5) is 0 Å². The van der Waals surface area contributed by atoms with E-state index in [2.05, 4.69) is 17.2 Å². The summed E-state index contributed by atoms with van der Waals surface area (Å²) in [6.07, 6.45) is 4.95. The molecule has 2 heterocycles. The normalized spacial score (nSPS) is 35.9. The third-order valence-corrected chi connectivity index (χ3v) is 3.03. The van der Waals surface area contributed by atoms with Gasteiger partial charge in [0.2, 0.25) is 0 Å². The van der Waals surface area contributed by atoms with Crippen molar-refractivity contribution in [3.8, 4) is 11.8 Å². The highest BCUT2D eigenvalue weighted by molar-refractivity contribution is 4.98. The third-order valence-electron chi connectivity index (χ3n) is 3.03. The second-order valence-corrected chi connectivity index (χ2v) is 3.93. The zero-order valence-corrected chi connectivity index (χ0v) is 8.18. The van der Waals surface area contributed by atoms with Crippen LogP contribution in [0.5, 0.6) is 0 Å². The second kappa shape index (κ2) is 4.13. The fourth-order valence-corrected chi connectivity index (χ4v) is 2.37. The molecule has 13 heavy (non-hydrogen) atoms. The number of rotatable bonds is 3. The first kappa shape index (κ1) is 9.05. The molecule has 72 valence electrons. The predicted octanol–water partition coefficient (Wildman–Crippen LogP) is 1.17. The van der Waals surface area contributed by atoms with Crippen molar-refractivity contribution in [3.63, 3.8) is 0 Å². The fourth-order valence-electron chi connectivity index (χ4n) is 2.37. The average molecular weight is 179 g/mol. The van der Waals surface area contributed by atoms with Crippen LogP contribution in [0.15, 0.2) is 0 Å². The maximum Gasteiger partial charge on any atom is 0.0621 e. The average Bonchev–Trinajstić information content (AvgIpc) is 2.73. The summed E-state index contributed by atoms with van der Waals surface area (Å²) in [5, 5.41) is 3.36. The van der Waals surface area contributed by atoms with Crippen LogP contribution in [0.1, 0.15) is 26.2 Å². The summed E-state index contributed by atoms with van der Waals surface area (Å²) in [5.74, 6) is 6.65. The topological polar surface area (TPSA) is 21.3 Å². The lowest BCUT2D eigenvalue weighted by Crippen LogP contribution is -2.29. The lowest BCUT2D eigenvalue weighted by molar-refractivity contribution is 0.0926. The van der Waals surface area contributed by atoms with E-state index in [0.29, 0.717) is 12.2 Å². The number of hydrogen-bond acceptors (Lipinski definition) is 2. The highest BCUT2D eigenvalue weighted by Gasteiger charge is 2.39. The van der Waals surface area contributed by atoms with Gasteiger partial charge in [0.15, 0.2) is 0 Å². The zero-order chi connectivity index (χ0) is 9.10. The van der Waals surface area contributed by atoms with Gasteiger partial charge >= 0.3 is 0 Å². The highest BCUT2D eigenvalue weighted by atomic mass is 16.5. The minimum atomic E-state index is 0.548. The molecule has 2 rings (SSSR count). The first-order valence-corrected chi connectivity index (χ1v) is 5.16. The Bertz CT molecular complexity index is 228. The lowest BCUT2D eigenvalue weighted by Gasteiger charge is -2.17. The van der Waals surface area contributed by atoms with Crippen molar-refractivity contribution in [2.45, 2.75) is 38.4 Å². The van der Waals surface area contributed by atoms with Crippen molar-refractivity contribution in [2.75, 3.05) is 13.1 Å². The molecule has 3 unspecified atom stereocenters. The standard InChI is InChI=1S/C11H17NO/c1-2-3-6-12-8-9-7-10-4-5-11(9)13-10/h9-12H,4-8H2,1H3. The first-order valence-electron chi connectivity index (χ1n) is 5.16. The second-order valence-electron chi connectivity index (χ2n) is 3.93. The Hall–Kier alpha value is -0.520. The van der Waals surface area contributed by atoms with Crippen molar-refractivity contribution >= 4 is 0 Å². The van der Waals surface area contributed by atoms with Gasteiger partial charge in [-0.05, 0) is 26.2 Å². The van der Waals surface area contributed by atoms with Crippen LogP contribution in [0.3, 0.4) is 0 Å². The van der Waals surface area contributed by atoms with Gasteiger partial charge in [-0.25, -0.2) is 0 Å². The fraction of sp³-hybridized carbons (Fsp3) is 0.818. The van der Waals surface area contributed by atoms with Crippen LogP contribution >= 0.6 is 0 Å². The molecule has 2 nitrogen and oxygen atoms in total. The molecule has 2 heteroatoms. The smallest absolute Gasteiger partial charge is 0.0621 e. The Morgan fingerprint density at radius 2 is 2.38 bits per heavy atom. The van der Waals surface area contributed by atoms with Gasteiger partial charge in [0.25, 0.3) is 0 Å². The molecule has 0 radical (unpaired) electrons. The third kappa shape index (κ3) is 2.04. The predicted molar refractivity (Wildman–Crippen MR) is 52.3 cm³/mol. The summed E-state index contributed by atoms with van der Waals surface area (Å²) >= 11 is 0. The molecule has 2 aliphatic heterocycles. The van der Waals surface area contributed by atoms with Crippen LogP contribution in [0.25, 0.3) is 0 Å². The van der Waals surface area contributed by atoms with Crippen molar-refractivity contribution in [1.29, 1.82) is 0 Å². The van der Waals surface area contributed by atoms with E-state index >= 15 is 0 Å². The molecule has 0 aromatic rings. The van der Waals surface area contributed by atoms with Crippen molar-refractivity contribution in [3.05, 3.63) is 0 Å². The zero-order valence-electron chi connectivity index (χ0n) is 8.18. The Morgan fingerprint density at radius 3 is 3.00 bits per heavy atom. The van der Waals surface area contributed by atoms with Crippen LogP contribution < -0.4 is 5.32 Å². The van der Waals surface area contributed by atoms with Crippen LogP contribution in [-0.2, 0) is 4.74 Å². The van der Waals surface area contributed by atoms with Gasteiger partial charge < -0.3 is 10.1 Å². The number of hydrogen-bond donors (Lipinski definition) is 1. The molecule has 0 saturated carbocycles. The molecular formula is C11H17NO. The first-order chi connectivity index (χ1) is 6.40. The minimum absolute atomic E-state index is 0.548. The Morgan fingerprint density at radius 1 is 1.46 bits per heavy atom. The van der Waals surface area contributed by atoms with Crippen LogP contribution in [-0.4, -0.2) is 25.3 Å². The van der Waals surface area contributed by atoms with E-state index < -0.39 is 0 Å². The quantitative estimate of drug-likeness (QED) is 0.518. The summed E-state index contributed by atoms with van der Waals surface area (Å²) in [6, 6.07) is 0. The summed E-state index contributed by atoms with van der Waals surface area (Å²) in [5.41, 5.74) is 0. The van der Waals surface area contributed by atoms with Crippen molar-refractivity contribution < 1.29 is 4.74 Å². The molecule has 3 atom stereocenters. The molecule has 2 aliphatic rings. The van der Waals surface area contributed by atoms with E-state index in [1.807, 2.05) is 6.92 Å². The molecule has 0 aromatic heterocycles. The van der Waals surface area contributed by atoms with Gasteiger partial charge in [0.05, 0.1) is 18.8 Å². The van der Waals surface area contributed by atoms with Gasteiger partial charge in [-0.2, -0.15) is 0 Å². The number of ether oxygens (including phenoxy) is 1. The Balaban J connectivity index is 1.67. The number of fused-ring (bicyclic) bond motifs is 2. The van der Waals surface area contributed by atoms with Gasteiger partial charge in [-0.1, -0.05) is 5.92 Å². The van der Waals surface area contributed by atoms with Gasteiger partial charge in [-0.3, -0.25) is 0 Å². The Kier molecular flexibility index (Phi) is 2.87. The van der Waals surface area contributed by atoms with Crippen molar-refractivity contribution in [2.24, 2.45) is 5.92 Å². The highest BCUT2D eigenvalue weighted by Crippen LogP contribution is 2.38. The monoisotopic (exact) mass is 179 g/mol. The molecule has 0 amide bonds. The van der Waals surface area contributed by atoms with Gasteiger partial charge in [0.1, 0.15) is 0 Å². The van der Waals surface area contributed by atoms with Crippen LogP contribution in [0.2, 0.25) is 0 Å². The van der Waals surface area contributed by atoms with E-state index in [0.717, 1.165) is 19.0 Å². The molecule has 1 N–H and O–H groups in total. The van der Waals surface area contributed by atoms with Crippen molar-refractivity contribution in [1.82, 2.24) is 5.32 Å². The number of nitrogens with one attached hydrogen (secondary N) is 1. The van der Waals surface area contributed by atoms with Gasteiger partial charge in [0, 0.05) is 12.5 Å². The summed E-state index contributed by atoms with van der Waals surface area (Å²) < 4.78 is 5.77. The molecular weight excluding hydrogens is 162 g/mol. The Labute approximate surface area is 80.0 Å². The maximum atomic E-state index is 5.77. The molecule has 2 bridgehead atoms. The van der Waals surface area contributed by atoms with Gasteiger partial charge in [-0.15, -0.1) is 5.92 Å². The summed E-state index contributed by atoms with van der Waals surface area (Å²) in [6.45, 7) is 3.78. The van der Waals surface area contributed by atoms with E-state index in [9.17, 15) is 0 Å². The molecule has 2 saturated heterocycles. The maximum absolute atomic E-state index is 5.77. The largest absolute Gasteiger partial charge is 0.375 e. The van der Waals surface area contributed by atoms with E-state index in [-0.39, 0.29) is 0 Å².